The number of carboxylic acid groups (broad SMARTS) is 1. The van der Waals surface area contributed by atoms with E-state index in [0.29, 0.717) is 60.7 Å². The average Bonchev–Trinajstić information content (AvgIpc) is 3.12. The number of aryl methyl sites for hydroxylation is 1. The van der Waals surface area contributed by atoms with Crippen LogP contribution in [-0.4, -0.2) is 71.1 Å². The van der Waals surface area contributed by atoms with E-state index in [1.807, 2.05) is 44.2 Å². The lowest BCUT2D eigenvalue weighted by Gasteiger charge is -2.16. The van der Waals surface area contributed by atoms with Gasteiger partial charge in [-0.3, -0.25) is 19.6 Å². The van der Waals surface area contributed by atoms with Crippen LogP contribution >= 0.6 is 0 Å². The summed E-state index contributed by atoms with van der Waals surface area (Å²) in [5.41, 5.74) is 6.36. The highest BCUT2D eigenvalue weighted by atomic mass is 19.1. The number of rotatable bonds is 17. The number of nitrogens with zero attached hydrogens (tertiary/aromatic N) is 2. The van der Waals surface area contributed by atoms with Gasteiger partial charge in [0.05, 0.1) is 33.4 Å². The van der Waals surface area contributed by atoms with Crippen molar-refractivity contribution in [2.24, 2.45) is 5.92 Å². The number of methoxy groups -OCH3 is 2. The first-order valence-electron chi connectivity index (χ1n) is 16.2. The Balaban J connectivity index is 1.54. The van der Waals surface area contributed by atoms with Crippen LogP contribution in [0.4, 0.5) is 10.1 Å². The molecule has 0 unspecified atom stereocenters. The van der Waals surface area contributed by atoms with E-state index in [0.717, 1.165) is 27.8 Å². The Labute approximate surface area is 290 Å². The van der Waals surface area contributed by atoms with Gasteiger partial charge in [0.25, 0.3) is 5.91 Å². The van der Waals surface area contributed by atoms with Crippen LogP contribution < -0.4 is 20.1 Å². The van der Waals surface area contributed by atoms with Gasteiger partial charge in [-0.25, -0.2) is 4.39 Å². The average molecular weight is 687 g/mol. The summed E-state index contributed by atoms with van der Waals surface area (Å²) in [6.07, 6.45) is 5.77. The standard InChI is InChI=1S/C38H43FN4O7/c1-23-25(16-31(39)33-17-35(49-3)26(20-41-33)9-5-10-27(22-45)38(47)48)8-6-11-29(23)30-12-7-13-32(24(30)2)43-37(46)34-18-36(50-4)28(21-42-34)19-40-14-15-44/h6-8,11-13,16-18,20-21,27,40,44-45H,5,9-10,14-15,19,22H2,1-4H3,(H,43,46)(H,47,48)/b31-16-/t27-/m0/s1. The number of amides is 1. The normalized spacial score (nSPS) is 12.0. The molecule has 2 heterocycles. The molecule has 12 heteroatoms. The summed E-state index contributed by atoms with van der Waals surface area (Å²) in [6.45, 7) is 4.22. The maximum absolute atomic E-state index is 15.7. The van der Waals surface area contributed by atoms with Gasteiger partial charge in [0.15, 0.2) is 0 Å². The summed E-state index contributed by atoms with van der Waals surface area (Å²) in [5.74, 6) is -1.91. The van der Waals surface area contributed by atoms with Gasteiger partial charge in [0, 0.05) is 54.4 Å². The highest BCUT2D eigenvalue weighted by Crippen LogP contribution is 2.34. The summed E-state index contributed by atoms with van der Waals surface area (Å²) in [6, 6.07) is 14.3. The van der Waals surface area contributed by atoms with Crippen molar-refractivity contribution in [3.05, 3.63) is 100 Å². The summed E-state index contributed by atoms with van der Waals surface area (Å²) in [4.78, 5) is 33.1. The SMILES string of the molecule is COc1cc(/C(F)=C/c2cccc(-c3cccc(NC(=O)c4cc(OC)c(CNCCO)cn4)c3C)c2C)ncc1CCC[C@@H](CO)C(=O)O. The number of ether oxygens (including phenoxy) is 2. The zero-order valence-electron chi connectivity index (χ0n) is 28.6. The summed E-state index contributed by atoms with van der Waals surface area (Å²) >= 11 is 0. The Kier molecular flexibility index (Phi) is 13.6. The van der Waals surface area contributed by atoms with Crippen molar-refractivity contribution >= 4 is 29.5 Å². The molecular weight excluding hydrogens is 643 g/mol. The Morgan fingerprint density at radius 1 is 0.920 bits per heavy atom. The second-order valence-electron chi connectivity index (χ2n) is 11.7. The van der Waals surface area contributed by atoms with E-state index in [1.165, 1.54) is 32.6 Å². The molecular formula is C38H43FN4O7. The van der Waals surface area contributed by atoms with Crippen molar-refractivity contribution in [2.45, 2.75) is 39.7 Å². The number of anilines is 1. The highest BCUT2D eigenvalue weighted by molar-refractivity contribution is 6.04. The van der Waals surface area contributed by atoms with Gasteiger partial charge < -0.3 is 35.4 Å². The van der Waals surface area contributed by atoms with Crippen molar-refractivity contribution in [1.29, 1.82) is 0 Å². The van der Waals surface area contributed by atoms with Gasteiger partial charge in [-0.1, -0.05) is 30.3 Å². The van der Waals surface area contributed by atoms with Crippen LogP contribution in [0, 0.1) is 19.8 Å². The number of carboxylic acids is 1. The molecule has 0 saturated heterocycles. The summed E-state index contributed by atoms with van der Waals surface area (Å²) in [5, 5.41) is 33.5. The number of hydrogen-bond donors (Lipinski definition) is 5. The number of nitrogens with one attached hydrogen (secondary N) is 2. The predicted octanol–water partition coefficient (Wildman–Crippen LogP) is 5.60. The van der Waals surface area contributed by atoms with Gasteiger partial charge in [-0.15, -0.1) is 0 Å². The van der Waals surface area contributed by atoms with Gasteiger partial charge in [-0.05, 0) is 73.1 Å². The van der Waals surface area contributed by atoms with E-state index >= 15 is 4.39 Å². The molecule has 0 radical (unpaired) electrons. The molecule has 0 aliphatic rings. The molecule has 0 aliphatic heterocycles. The Bertz CT molecular complexity index is 1850. The Morgan fingerprint density at radius 3 is 2.24 bits per heavy atom. The number of pyridine rings is 2. The molecule has 4 rings (SSSR count). The number of halogens is 1. The molecule has 5 N–H and O–H groups in total. The number of aliphatic hydroxyl groups is 2. The lowest BCUT2D eigenvalue weighted by Crippen LogP contribution is -2.19. The van der Waals surface area contributed by atoms with Crippen LogP contribution in [0.2, 0.25) is 0 Å². The fraction of sp³-hybridized carbons (Fsp3) is 0.316. The quantitative estimate of drug-likeness (QED) is 0.0885. The lowest BCUT2D eigenvalue weighted by atomic mass is 9.92. The third-order valence-corrected chi connectivity index (χ3v) is 8.51. The lowest BCUT2D eigenvalue weighted by molar-refractivity contribution is -0.143. The molecule has 1 amide bonds. The first kappa shape index (κ1) is 37.6. The van der Waals surface area contributed by atoms with Crippen LogP contribution in [0.3, 0.4) is 0 Å². The van der Waals surface area contributed by atoms with Gasteiger partial charge >= 0.3 is 5.97 Å². The zero-order chi connectivity index (χ0) is 36.2. The molecule has 50 heavy (non-hydrogen) atoms. The second-order valence-corrected chi connectivity index (χ2v) is 11.7. The van der Waals surface area contributed by atoms with Crippen molar-refractivity contribution in [3.63, 3.8) is 0 Å². The number of hydrogen-bond acceptors (Lipinski definition) is 9. The smallest absolute Gasteiger partial charge is 0.308 e. The molecule has 0 spiro atoms. The Morgan fingerprint density at radius 2 is 1.56 bits per heavy atom. The molecule has 1 atom stereocenters. The van der Waals surface area contributed by atoms with E-state index in [1.54, 1.807) is 18.3 Å². The molecule has 2 aromatic carbocycles. The van der Waals surface area contributed by atoms with Gasteiger partial charge in [-0.2, -0.15) is 0 Å². The van der Waals surface area contributed by atoms with Crippen LogP contribution in [0.25, 0.3) is 23.0 Å². The first-order valence-corrected chi connectivity index (χ1v) is 16.2. The Hall–Kier alpha value is -5.17. The number of benzene rings is 2. The molecule has 0 saturated carbocycles. The predicted molar refractivity (Wildman–Crippen MR) is 190 cm³/mol. The third kappa shape index (κ3) is 9.29. The van der Waals surface area contributed by atoms with E-state index in [9.17, 15) is 14.7 Å². The zero-order valence-corrected chi connectivity index (χ0v) is 28.6. The molecule has 2 aromatic heterocycles. The molecule has 0 aliphatic carbocycles. The van der Waals surface area contributed by atoms with Crippen LogP contribution in [-0.2, 0) is 17.8 Å². The van der Waals surface area contributed by atoms with Crippen LogP contribution in [0.5, 0.6) is 11.5 Å². The fourth-order valence-electron chi connectivity index (χ4n) is 5.58. The first-order chi connectivity index (χ1) is 24.1. The van der Waals surface area contributed by atoms with Crippen molar-refractivity contribution in [3.8, 4) is 22.6 Å². The van der Waals surface area contributed by atoms with Crippen molar-refractivity contribution < 1.29 is 38.8 Å². The minimum Gasteiger partial charge on any atom is -0.496 e. The number of carbonyl (C=O) groups excluding carboxylic acids is 1. The van der Waals surface area contributed by atoms with Crippen molar-refractivity contribution in [2.75, 3.05) is 39.3 Å². The third-order valence-electron chi connectivity index (χ3n) is 8.51. The topological polar surface area (TPSA) is 163 Å². The van der Waals surface area contributed by atoms with Gasteiger partial charge in [0.1, 0.15) is 28.7 Å². The highest BCUT2D eigenvalue weighted by Gasteiger charge is 2.18. The molecule has 0 bridgehead atoms. The minimum atomic E-state index is -1.05. The number of aromatic nitrogens is 2. The van der Waals surface area contributed by atoms with E-state index in [2.05, 4.69) is 20.6 Å². The monoisotopic (exact) mass is 686 g/mol. The number of carbonyl (C=O) groups is 2. The van der Waals surface area contributed by atoms with E-state index < -0.39 is 30.2 Å². The summed E-state index contributed by atoms with van der Waals surface area (Å²) in [7, 11) is 3.00. The number of aliphatic carboxylic acids is 1. The maximum Gasteiger partial charge on any atom is 0.308 e. The summed E-state index contributed by atoms with van der Waals surface area (Å²) < 4.78 is 26.6. The number of aliphatic hydroxyl groups excluding tert-OH is 2. The van der Waals surface area contributed by atoms with Crippen LogP contribution in [0.15, 0.2) is 60.9 Å². The maximum atomic E-state index is 15.7. The largest absolute Gasteiger partial charge is 0.496 e. The molecule has 11 nitrogen and oxygen atoms in total. The van der Waals surface area contributed by atoms with Gasteiger partial charge in [0.2, 0.25) is 0 Å². The van der Waals surface area contributed by atoms with E-state index in [-0.39, 0.29) is 18.0 Å². The second kappa shape index (κ2) is 18.0. The van der Waals surface area contributed by atoms with E-state index in [4.69, 9.17) is 19.7 Å². The molecule has 4 aromatic rings. The molecule has 264 valence electrons. The minimum absolute atomic E-state index is 0.00291. The fourth-order valence-corrected chi connectivity index (χ4v) is 5.58. The molecule has 0 fully saturated rings. The van der Waals surface area contributed by atoms with Crippen LogP contribution in [0.1, 0.15) is 56.8 Å². The van der Waals surface area contributed by atoms with Crippen molar-refractivity contribution in [1.82, 2.24) is 15.3 Å².